The lowest BCUT2D eigenvalue weighted by atomic mass is 10.2. The summed E-state index contributed by atoms with van der Waals surface area (Å²) in [7, 11) is 0. The van der Waals surface area contributed by atoms with E-state index in [2.05, 4.69) is 10.2 Å². The minimum absolute atomic E-state index is 0.0603. The summed E-state index contributed by atoms with van der Waals surface area (Å²) in [6.07, 6.45) is 0. The lowest BCUT2D eigenvalue weighted by molar-refractivity contribution is 0.0475. The minimum atomic E-state index is -0.671. The average Bonchev–Trinajstić information content (AvgIpc) is 2.90. The van der Waals surface area contributed by atoms with Crippen molar-refractivity contribution in [3.8, 4) is 0 Å². The molecule has 0 aliphatic rings. The van der Waals surface area contributed by atoms with E-state index in [0.29, 0.717) is 11.3 Å². The Kier molecular flexibility index (Phi) is 4.97. The van der Waals surface area contributed by atoms with Crippen LogP contribution in [0, 0.1) is 5.82 Å². The molecule has 0 saturated carbocycles. The summed E-state index contributed by atoms with van der Waals surface area (Å²) < 4.78 is 23.1. The molecule has 0 spiro atoms. The van der Waals surface area contributed by atoms with Crippen molar-refractivity contribution < 1.29 is 18.3 Å². The Balaban J connectivity index is 2.01. The third-order valence-electron chi connectivity index (χ3n) is 2.24. The molecule has 0 aliphatic carbocycles. The maximum Gasteiger partial charge on any atom is 0.396 e. The van der Waals surface area contributed by atoms with Crippen LogP contribution in [0.5, 0.6) is 0 Å². The molecule has 5 nitrogen and oxygen atoms in total. The molecule has 2 rings (SSSR count). The number of halogens is 2. The molecule has 0 bridgehead atoms. The van der Waals surface area contributed by atoms with Gasteiger partial charge >= 0.3 is 11.9 Å². The summed E-state index contributed by atoms with van der Waals surface area (Å²) >= 11 is 6.98. The van der Waals surface area contributed by atoms with Gasteiger partial charge in [-0.25, -0.2) is 9.18 Å². The van der Waals surface area contributed by atoms with E-state index in [9.17, 15) is 9.18 Å². The predicted molar refractivity (Wildman–Crippen MR) is 71.2 cm³/mol. The van der Waals surface area contributed by atoms with Crippen molar-refractivity contribution in [2.75, 3.05) is 6.61 Å². The first kappa shape index (κ1) is 14.8. The van der Waals surface area contributed by atoms with Gasteiger partial charge in [0.1, 0.15) is 5.82 Å². The van der Waals surface area contributed by atoms with Crippen molar-refractivity contribution in [1.29, 1.82) is 0 Å². The number of carbonyl (C=O) groups is 1. The Morgan fingerprint density at radius 2 is 2.30 bits per heavy atom. The number of benzene rings is 1. The van der Waals surface area contributed by atoms with Crippen LogP contribution in [-0.4, -0.2) is 22.8 Å². The number of carbonyl (C=O) groups excluding carboxylic acids is 1. The molecular formula is C12H10ClFN2O3S. The molecule has 0 aliphatic heterocycles. The molecule has 106 valence electrons. The van der Waals surface area contributed by atoms with Crippen LogP contribution < -0.4 is 0 Å². The van der Waals surface area contributed by atoms with Gasteiger partial charge in [0.05, 0.1) is 11.6 Å². The number of hydrogen-bond donors (Lipinski definition) is 0. The van der Waals surface area contributed by atoms with E-state index in [-0.39, 0.29) is 22.7 Å². The van der Waals surface area contributed by atoms with E-state index in [0.717, 1.165) is 11.8 Å². The molecule has 1 aromatic carbocycles. The Hall–Kier alpha value is -1.60. The van der Waals surface area contributed by atoms with Crippen molar-refractivity contribution in [2.24, 2.45) is 0 Å². The van der Waals surface area contributed by atoms with Gasteiger partial charge in [-0.3, -0.25) is 0 Å². The highest BCUT2D eigenvalue weighted by Gasteiger charge is 2.16. The standard InChI is InChI=1S/C12H10ClFN2O3S/c1-2-18-11(17)10-15-16-12(19-10)20-6-7-4-3-5-8(14)9(7)13/h3-5H,2,6H2,1H3. The Bertz CT molecular complexity index is 620. The molecule has 1 heterocycles. The third-order valence-corrected chi connectivity index (χ3v) is 3.53. The van der Waals surface area contributed by atoms with Gasteiger partial charge in [0.25, 0.3) is 5.22 Å². The van der Waals surface area contributed by atoms with Crippen LogP contribution in [0.1, 0.15) is 23.2 Å². The van der Waals surface area contributed by atoms with E-state index in [1.165, 1.54) is 6.07 Å². The monoisotopic (exact) mass is 316 g/mol. The molecule has 0 amide bonds. The number of esters is 1. The lowest BCUT2D eigenvalue weighted by Crippen LogP contribution is -2.04. The molecule has 8 heteroatoms. The fourth-order valence-corrected chi connectivity index (χ4v) is 2.37. The van der Waals surface area contributed by atoms with Crippen molar-refractivity contribution in [1.82, 2.24) is 10.2 Å². The fraction of sp³-hybridized carbons (Fsp3) is 0.250. The zero-order valence-electron chi connectivity index (χ0n) is 10.4. The lowest BCUT2D eigenvalue weighted by Gasteiger charge is -2.02. The first-order chi connectivity index (χ1) is 9.61. The zero-order chi connectivity index (χ0) is 14.5. The number of hydrogen-bond acceptors (Lipinski definition) is 6. The SMILES string of the molecule is CCOC(=O)c1nnc(SCc2cccc(F)c2Cl)o1. The van der Waals surface area contributed by atoms with Gasteiger partial charge < -0.3 is 9.15 Å². The van der Waals surface area contributed by atoms with Crippen molar-refractivity contribution in [2.45, 2.75) is 17.9 Å². The minimum Gasteiger partial charge on any atom is -0.459 e. The maximum atomic E-state index is 13.2. The highest BCUT2D eigenvalue weighted by Crippen LogP contribution is 2.27. The maximum absolute atomic E-state index is 13.2. The summed E-state index contributed by atoms with van der Waals surface area (Å²) in [6, 6.07) is 4.54. The molecule has 0 unspecified atom stereocenters. The van der Waals surface area contributed by atoms with Gasteiger partial charge in [-0.1, -0.05) is 40.6 Å². The molecule has 0 fully saturated rings. The van der Waals surface area contributed by atoms with Gasteiger partial charge in [0, 0.05) is 5.75 Å². The Labute approximate surface area is 123 Å². The molecule has 2 aromatic rings. The quantitative estimate of drug-likeness (QED) is 0.622. The molecule has 1 aromatic heterocycles. The second kappa shape index (κ2) is 6.71. The van der Waals surface area contributed by atoms with E-state index < -0.39 is 11.8 Å². The van der Waals surface area contributed by atoms with E-state index in [1.807, 2.05) is 0 Å². The number of rotatable bonds is 5. The second-order valence-electron chi connectivity index (χ2n) is 3.60. The van der Waals surface area contributed by atoms with Crippen molar-refractivity contribution >= 4 is 29.3 Å². The number of nitrogens with zero attached hydrogens (tertiary/aromatic N) is 2. The largest absolute Gasteiger partial charge is 0.459 e. The first-order valence-electron chi connectivity index (χ1n) is 5.68. The van der Waals surface area contributed by atoms with Gasteiger partial charge in [0.15, 0.2) is 0 Å². The average molecular weight is 317 g/mol. The fourth-order valence-electron chi connectivity index (χ4n) is 1.34. The van der Waals surface area contributed by atoms with Crippen LogP contribution in [0.3, 0.4) is 0 Å². The predicted octanol–water partition coefficient (Wildman–Crippen LogP) is 3.33. The van der Waals surface area contributed by atoms with Gasteiger partial charge in [-0.05, 0) is 18.6 Å². The van der Waals surface area contributed by atoms with Crippen molar-refractivity contribution in [3.05, 3.63) is 40.5 Å². The molecule has 0 atom stereocenters. The smallest absolute Gasteiger partial charge is 0.396 e. The van der Waals surface area contributed by atoms with Gasteiger partial charge in [-0.2, -0.15) is 0 Å². The van der Waals surface area contributed by atoms with Gasteiger partial charge in [-0.15, -0.1) is 5.10 Å². The molecule has 20 heavy (non-hydrogen) atoms. The topological polar surface area (TPSA) is 65.2 Å². The van der Waals surface area contributed by atoms with Crippen LogP contribution in [-0.2, 0) is 10.5 Å². The highest BCUT2D eigenvalue weighted by molar-refractivity contribution is 7.98. The summed E-state index contributed by atoms with van der Waals surface area (Å²) in [5, 5.41) is 7.51. The number of ether oxygens (including phenoxy) is 1. The summed E-state index contributed by atoms with van der Waals surface area (Å²) in [5.74, 6) is -1.01. The Morgan fingerprint density at radius 1 is 1.50 bits per heavy atom. The summed E-state index contributed by atoms with van der Waals surface area (Å²) in [6.45, 7) is 1.90. The molecule has 0 N–H and O–H groups in total. The van der Waals surface area contributed by atoms with Gasteiger partial charge in [0.2, 0.25) is 0 Å². The number of aromatic nitrogens is 2. The molecule has 0 saturated heterocycles. The number of thioether (sulfide) groups is 1. The third kappa shape index (κ3) is 3.49. The molecule has 0 radical (unpaired) electrons. The van der Waals surface area contributed by atoms with Crippen LogP contribution in [0.15, 0.2) is 27.8 Å². The van der Waals surface area contributed by atoms with E-state index in [1.54, 1.807) is 19.1 Å². The van der Waals surface area contributed by atoms with Crippen molar-refractivity contribution in [3.63, 3.8) is 0 Å². The Morgan fingerprint density at radius 3 is 3.05 bits per heavy atom. The van der Waals surface area contributed by atoms with Crippen LogP contribution in [0.4, 0.5) is 4.39 Å². The van der Waals surface area contributed by atoms with Crippen LogP contribution in [0.2, 0.25) is 5.02 Å². The zero-order valence-corrected chi connectivity index (χ0v) is 12.0. The summed E-state index contributed by atoms with van der Waals surface area (Å²) in [4.78, 5) is 11.3. The normalized spacial score (nSPS) is 10.6. The van der Waals surface area contributed by atoms with E-state index >= 15 is 0 Å². The second-order valence-corrected chi connectivity index (χ2v) is 4.90. The summed E-state index contributed by atoms with van der Waals surface area (Å²) in [5.41, 5.74) is 0.604. The first-order valence-corrected chi connectivity index (χ1v) is 7.04. The van der Waals surface area contributed by atoms with Crippen LogP contribution >= 0.6 is 23.4 Å². The molecular weight excluding hydrogens is 307 g/mol. The highest BCUT2D eigenvalue weighted by atomic mass is 35.5. The van der Waals surface area contributed by atoms with E-state index in [4.69, 9.17) is 20.8 Å². The van der Waals surface area contributed by atoms with Crippen LogP contribution in [0.25, 0.3) is 0 Å².